The first kappa shape index (κ1) is 10.8. The van der Waals surface area contributed by atoms with Gasteiger partial charge in [-0.05, 0) is 23.3 Å². The van der Waals surface area contributed by atoms with Gasteiger partial charge in [-0.1, -0.05) is 48.5 Å². The van der Waals surface area contributed by atoms with Gasteiger partial charge in [0.25, 0.3) is 0 Å². The number of benzene rings is 2. The number of esters is 1. The zero-order valence-electron chi connectivity index (χ0n) is 9.80. The first-order valence-electron chi connectivity index (χ1n) is 5.88. The highest BCUT2D eigenvalue weighted by molar-refractivity contribution is 5.97. The number of para-hydroxylation sites is 1. The lowest BCUT2D eigenvalue weighted by atomic mass is 9.99. The summed E-state index contributed by atoms with van der Waals surface area (Å²) in [5.74, 6) is 0.422. The Labute approximate surface area is 106 Å². The highest BCUT2D eigenvalue weighted by Crippen LogP contribution is 2.28. The second-order valence-electron chi connectivity index (χ2n) is 4.25. The van der Waals surface area contributed by atoms with Crippen LogP contribution >= 0.6 is 0 Å². The van der Waals surface area contributed by atoms with Crippen molar-refractivity contribution in [3.05, 3.63) is 71.3 Å². The number of hydrogen-bond acceptors (Lipinski definition) is 2. The van der Waals surface area contributed by atoms with Gasteiger partial charge in [-0.3, -0.25) is 0 Å². The van der Waals surface area contributed by atoms with Crippen molar-refractivity contribution >= 4 is 12.0 Å². The Morgan fingerprint density at radius 2 is 1.67 bits per heavy atom. The molecular formula is C16H12O2. The standard InChI is InChI=1S/C16H12O2/c17-16-14(10-12-6-2-1-3-7-12)11-13-8-4-5-9-15(13)18-16/h1-10H,11H2/b14-10-. The van der Waals surface area contributed by atoms with Crippen LogP contribution in [0.1, 0.15) is 11.1 Å². The summed E-state index contributed by atoms with van der Waals surface area (Å²) < 4.78 is 5.31. The molecule has 0 amide bonds. The minimum absolute atomic E-state index is 0.252. The summed E-state index contributed by atoms with van der Waals surface area (Å²) in [4.78, 5) is 11.9. The first-order chi connectivity index (χ1) is 8.83. The normalized spacial score (nSPS) is 16.2. The summed E-state index contributed by atoms with van der Waals surface area (Å²) in [6, 6.07) is 17.4. The molecule has 0 saturated heterocycles. The van der Waals surface area contributed by atoms with Gasteiger partial charge >= 0.3 is 5.97 Å². The monoisotopic (exact) mass is 236 g/mol. The predicted octanol–water partition coefficient (Wildman–Crippen LogP) is 3.23. The fourth-order valence-electron chi connectivity index (χ4n) is 2.05. The molecule has 0 spiro atoms. The van der Waals surface area contributed by atoms with E-state index < -0.39 is 0 Å². The number of ether oxygens (including phenoxy) is 1. The van der Waals surface area contributed by atoms with Crippen LogP contribution in [0.3, 0.4) is 0 Å². The summed E-state index contributed by atoms with van der Waals surface area (Å²) in [6.07, 6.45) is 2.52. The lowest BCUT2D eigenvalue weighted by Crippen LogP contribution is -2.19. The Hall–Kier alpha value is -2.35. The van der Waals surface area contributed by atoms with E-state index in [1.807, 2.05) is 60.7 Å². The quantitative estimate of drug-likeness (QED) is 0.431. The molecule has 3 rings (SSSR count). The van der Waals surface area contributed by atoms with Crippen LogP contribution in [-0.2, 0) is 11.2 Å². The van der Waals surface area contributed by atoms with E-state index in [4.69, 9.17) is 4.74 Å². The van der Waals surface area contributed by atoms with Crippen LogP contribution in [0.5, 0.6) is 5.75 Å². The second-order valence-corrected chi connectivity index (χ2v) is 4.25. The summed E-state index contributed by atoms with van der Waals surface area (Å²) in [5, 5.41) is 0. The van der Waals surface area contributed by atoms with Gasteiger partial charge in [0.1, 0.15) is 5.75 Å². The largest absolute Gasteiger partial charge is 0.423 e. The third-order valence-corrected chi connectivity index (χ3v) is 2.96. The lowest BCUT2D eigenvalue weighted by Gasteiger charge is -2.17. The van der Waals surface area contributed by atoms with E-state index in [9.17, 15) is 4.79 Å². The molecule has 2 nitrogen and oxygen atoms in total. The fraction of sp³-hybridized carbons (Fsp3) is 0.0625. The van der Waals surface area contributed by atoms with Gasteiger partial charge in [-0.15, -0.1) is 0 Å². The van der Waals surface area contributed by atoms with Crippen molar-refractivity contribution in [3.63, 3.8) is 0 Å². The van der Waals surface area contributed by atoms with Gasteiger partial charge < -0.3 is 4.74 Å². The van der Waals surface area contributed by atoms with Crippen LogP contribution < -0.4 is 4.74 Å². The van der Waals surface area contributed by atoms with Crippen LogP contribution in [0.2, 0.25) is 0 Å². The Kier molecular flexibility index (Phi) is 2.69. The topological polar surface area (TPSA) is 26.3 Å². The van der Waals surface area contributed by atoms with Gasteiger partial charge in [0.2, 0.25) is 0 Å². The molecule has 1 aliphatic rings. The minimum Gasteiger partial charge on any atom is -0.423 e. The molecule has 2 aromatic rings. The molecule has 88 valence electrons. The zero-order valence-corrected chi connectivity index (χ0v) is 9.80. The molecule has 18 heavy (non-hydrogen) atoms. The van der Waals surface area contributed by atoms with E-state index >= 15 is 0 Å². The number of carbonyl (C=O) groups is 1. The summed E-state index contributed by atoms with van der Waals surface area (Å²) in [5.41, 5.74) is 2.77. The third-order valence-electron chi connectivity index (χ3n) is 2.96. The number of rotatable bonds is 1. The molecule has 0 aromatic heterocycles. The molecule has 0 saturated carbocycles. The van der Waals surface area contributed by atoms with Crippen LogP contribution in [0, 0.1) is 0 Å². The molecule has 2 aromatic carbocycles. The Morgan fingerprint density at radius 1 is 0.944 bits per heavy atom. The molecule has 0 atom stereocenters. The zero-order chi connectivity index (χ0) is 12.4. The van der Waals surface area contributed by atoms with Gasteiger partial charge in [-0.2, -0.15) is 0 Å². The van der Waals surface area contributed by atoms with Gasteiger partial charge in [0, 0.05) is 12.0 Å². The smallest absolute Gasteiger partial charge is 0.339 e. The maximum Gasteiger partial charge on any atom is 0.339 e. The minimum atomic E-state index is -0.252. The van der Waals surface area contributed by atoms with Crippen molar-refractivity contribution in [3.8, 4) is 5.75 Å². The van der Waals surface area contributed by atoms with E-state index in [0.29, 0.717) is 17.7 Å². The van der Waals surface area contributed by atoms with E-state index in [1.165, 1.54) is 0 Å². The molecule has 2 heteroatoms. The molecule has 1 heterocycles. The predicted molar refractivity (Wildman–Crippen MR) is 70.2 cm³/mol. The van der Waals surface area contributed by atoms with Crippen molar-refractivity contribution in [1.82, 2.24) is 0 Å². The van der Waals surface area contributed by atoms with Gasteiger partial charge in [-0.25, -0.2) is 4.79 Å². The lowest BCUT2D eigenvalue weighted by molar-refractivity contribution is -0.130. The van der Waals surface area contributed by atoms with Crippen LogP contribution in [0.25, 0.3) is 6.08 Å². The summed E-state index contributed by atoms with van der Waals surface area (Å²) in [7, 11) is 0. The van der Waals surface area contributed by atoms with E-state index in [-0.39, 0.29) is 5.97 Å². The van der Waals surface area contributed by atoms with Crippen LogP contribution in [0.4, 0.5) is 0 Å². The summed E-state index contributed by atoms with van der Waals surface area (Å²) in [6.45, 7) is 0. The molecular weight excluding hydrogens is 224 g/mol. The molecule has 0 fully saturated rings. The molecule has 0 aliphatic carbocycles. The third kappa shape index (κ3) is 2.05. The van der Waals surface area contributed by atoms with E-state index in [0.717, 1.165) is 11.1 Å². The number of hydrogen-bond donors (Lipinski definition) is 0. The van der Waals surface area contributed by atoms with Crippen molar-refractivity contribution in [1.29, 1.82) is 0 Å². The fourth-order valence-corrected chi connectivity index (χ4v) is 2.05. The van der Waals surface area contributed by atoms with Crippen LogP contribution in [0.15, 0.2) is 60.2 Å². The van der Waals surface area contributed by atoms with Crippen molar-refractivity contribution in [2.24, 2.45) is 0 Å². The molecule has 0 N–H and O–H groups in total. The summed E-state index contributed by atoms with van der Waals surface area (Å²) >= 11 is 0. The highest BCUT2D eigenvalue weighted by atomic mass is 16.5. The maximum absolute atomic E-state index is 11.9. The Bertz CT molecular complexity index is 612. The molecule has 0 unspecified atom stereocenters. The Morgan fingerprint density at radius 3 is 2.50 bits per heavy atom. The van der Waals surface area contributed by atoms with Crippen molar-refractivity contribution in [2.45, 2.75) is 6.42 Å². The average Bonchev–Trinajstić information content (AvgIpc) is 2.41. The van der Waals surface area contributed by atoms with Crippen molar-refractivity contribution in [2.75, 3.05) is 0 Å². The maximum atomic E-state index is 11.9. The number of carbonyl (C=O) groups excluding carboxylic acids is 1. The molecule has 0 bridgehead atoms. The number of fused-ring (bicyclic) bond motifs is 1. The average molecular weight is 236 g/mol. The molecule has 0 radical (unpaired) electrons. The Balaban J connectivity index is 1.96. The molecule has 1 aliphatic heterocycles. The van der Waals surface area contributed by atoms with E-state index in [1.54, 1.807) is 0 Å². The first-order valence-corrected chi connectivity index (χ1v) is 5.88. The van der Waals surface area contributed by atoms with Crippen LogP contribution in [-0.4, -0.2) is 5.97 Å². The highest BCUT2D eigenvalue weighted by Gasteiger charge is 2.21. The van der Waals surface area contributed by atoms with Gasteiger partial charge in [0.05, 0.1) is 0 Å². The second kappa shape index (κ2) is 4.49. The SMILES string of the molecule is O=C1Oc2ccccc2C/C1=C/c1ccccc1. The van der Waals surface area contributed by atoms with E-state index in [2.05, 4.69) is 0 Å². The van der Waals surface area contributed by atoms with Crippen molar-refractivity contribution < 1.29 is 9.53 Å². The van der Waals surface area contributed by atoms with Gasteiger partial charge in [0.15, 0.2) is 0 Å².